The lowest BCUT2D eigenvalue weighted by Crippen LogP contribution is -2.50. The topological polar surface area (TPSA) is 61.7 Å². The van der Waals surface area contributed by atoms with Crippen molar-refractivity contribution in [2.45, 2.75) is 19.5 Å². The zero-order valence-electron chi connectivity index (χ0n) is 14.0. The van der Waals surface area contributed by atoms with Crippen LogP contribution in [0.2, 0.25) is 0 Å². The van der Waals surface area contributed by atoms with Gasteiger partial charge in [0.2, 0.25) is 18.7 Å². The van der Waals surface area contributed by atoms with Gasteiger partial charge in [-0.2, -0.15) is 0 Å². The van der Waals surface area contributed by atoms with Crippen molar-refractivity contribution >= 4 is 11.9 Å². The summed E-state index contributed by atoms with van der Waals surface area (Å²) < 4.78 is 11.0. The van der Waals surface area contributed by atoms with Crippen molar-refractivity contribution < 1.29 is 9.47 Å². The molecule has 7 nitrogen and oxygen atoms in total. The van der Waals surface area contributed by atoms with Crippen LogP contribution in [0.15, 0.2) is 28.2 Å². The van der Waals surface area contributed by atoms with E-state index in [-0.39, 0.29) is 6.17 Å². The fourth-order valence-corrected chi connectivity index (χ4v) is 2.72. The zero-order chi connectivity index (χ0) is 16.4. The number of guanidine groups is 2. The highest BCUT2D eigenvalue weighted by molar-refractivity contribution is 5.99. The molecule has 0 radical (unpaired) electrons. The third kappa shape index (κ3) is 3.18. The molecule has 2 aliphatic rings. The summed E-state index contributed by atoms with van der Waals surface area (Å²) in [6.07, 6.45) is 0.756. The van der Waals surface area contributed by atoms with Crippen LogP contribution in [0.5, 0.6) is 11.5 Å². The van der Waals surface area contributed by atoms with E-state index in [4.69, 9.17) is 9.47 Å². The Morgan fingerprint density at radius 2 is 2.13 bits per heavy atom. The molecule has 2 aliphatic heterocycles. The second-order valence-electron chi connectivity index (χ2n) is 5.79. The molecule has 0 saturated carbocycles. The Morgan fingerprint density at radius 3 is 2.91 bits per heavy atom. The van der Waals surface area contributed by atoms with Gasteiger partial charge in [-0.3, -0.25) is 4.90 Å². The highest BCUT2D eigenvalue weighted by Crippen LogP contribution is 2.35. The van der Waals surface area contributed by atoms with Gasteiger partial charge < -0.3 is 19.7 Å². The number of aliphatic imine (C=N–C) groups is 2. The number of fused-ring (bicyclic) bond motifs is 1. The van der Waals surface area contributed by atoms with Crippen molar-refractivity contribution in [3.05, 3.63) is 23.8 Å². The molecule has 1 aromatic rings. The normalized spacial score (nSPS) is 19.3. The lowest BCUT2D eigenvalue weighted by molar-refractivity contribution is 0.173. The van der Waals surface area contributed by atoms with Gasteiger partial charge in [-0.1, -0.05) is 12.1 Å². The lowest BCUT2D eigenvalue weighted by atomic mass is 10.1. The molecule has 0 amide bonds. The Bertz CT molecular complexity index is 641. The molecule has 3 rings (SSSR count). The predicted octanol–water partition coefficient (Wildman–Crippen LogP) is 1.11. The van der Waals surface area contributed by atoms with E-state index in [1.165, 1.54) is 0 Å². The molecule has 1 atom stereocenters. The van der Waals surface area contributed by atoms with Crippen LogP contribution < -0.4 is 14.8 Å². The lowest BCUT2D eigenvalue weighted by Gasteiger charge is -2.32. The summed E-state index contributed by atoms with van der Waals surface area (Å²) in [5.74, 6) is 3.41. The van der Waals surface area contributed by atoms with Crippen LogP contribution in [-0.2, 0) is 6.42 Å². The minimum absolute atomic E-state index is 0.0798. The summed E-state index contributed by atoms with van der Waals surface area (Å²) in [5.41, 5.74) is 1.14. The molecule has 7 heteroatoms. The molecule has 0 aliphatic carbocycles. The van der Waals surface area contributed by atoms with Crippen molar-refractivity contribution in [2.24, 2.45) is 9.98 Å². The van der Waals surface area contributed by atoms with E-state index in [2.05, 4.69) is 21.4 Å². The van der Waals surface area contributed by atoms with Crippen LogP contribution in [0.3, 0.4) is 0 Å². The van der Waals surface area contributed by atoms with Gasteiger partial charge in [-0.05, 0) is 25.0 Å². The van der Waals surface area contributed by atoms with Gasteiger partial charge in [0.1, 0.15) is 6.17 Å². The number of hydrogen-bond donors (Lipinski definition) is 1. The van der Waals surface area contributed by atoms with Gasteiger partial charge in [0.25, 0.3) is 0 Å². The number of hydrogen-bond acceptors (Lipinski definition) is 7. The van der Waals surface area contributed by atoms with E-state index < -0.39 is 0 Å². The van der Waals surface area contributed by atoms with Crippen LogP contribution in [0, 0.1) is 0 Å². The van der Waals surface area contributed by atoms with Crippen molar-refractivity contribution in [1.82, 2.24) is 15.1 Å². The van der Waals surface area contributed by atoms with Gasteiger partial charge in [-0.15, -0.1) is 0 Å². The molecule has 1 unspecified atom stereocenters. The summed E-state index contributed by atoms with van der Waals surface area (Å²) >= 11 is 0. The number of rotatable bonds is 3. The molecule has 1 N–H and O–H groups in total. The first-order chi connectivity index (χ1) is 11.1. The van der Waals surface area contributed by atoms with Gasteiger partial charge in [0.15, 0.2) is 11.5 Å². The molecule has 0 bridgehead atoms. The molecule has 1 aromatic carbocycles. The van der Waals surface area contributed by atoms with E-state index in [1.54, 1.807) is 0 Å². The van der Waals surface area contributed by atoms with Crippen molar-refractivity contribution in [3.63, 3.8) is 0 Å². The van der Waals surface area contributed by atoms with Crippen molar-refractivity contribution in [1.29, 1.82) is 0 Å². The van der Waals surface area contributed by atoms with Crippen LogP contribution in [0.25, 0.3) is 0 Å². The van der Waals surface area contributed by atoms with Gasteiger partial charge >= 0.3 is 0 Å². The molecule has 0 spiro atoms. The first-order valence-electron chi connectivity index (χ1n) is 7.74. The second-order valence-corrected chi connectivity index (χ2v) is 5.79. The van der Waals surface area contributed by atoms with Crippen molar-refractivity contribution in [3.8, 4) is 11.5 Å². The van der Waals surface area contributed by atoms with Crippen LogP contribution in [-0.4, -0.2) is 62.4 Å². The second kappa shape index (κ2) is 6.36. The minimum Gasteiger partial charge on any atom is -0.454 e. The number of para-hydroxylation sites is 1. The molecule has 0 fully saturated rings. The number of ether oxygens (including phenoxy) is 2. The van der Waals surface area contributed by atoms with Crippen LogP contribution in [0.4, 0.5) is 0 Å². The molecule has 2 heterocycles. The Labute approximate surface area is 136 Å². The Kier molecular flexibility index (Phi) is 4.27. The molecule has 124 valence electrons. The molecular formula is C16H23N5O2. The molecule has 23 heavy (non-hydrogen) atoms. The van der Waals surface area contributed by atoms with Crippen LogP contribution >= 0.6 is 0 Å². The highest BCUT2D eigenvalue weighted by Gasteiger charge is 2.21. The SMILES string of the molecule is CC1N=C(NCCc2cccc3c2OCO3)N(C)C(N(C)C)=N1. The molecule has 0 saturated heterocycles. The smallest absolute Gasteiger partial charge is 0.231 e. The van der Waals surface area contributed by atoms with Crippen molar-refractivity contribution in [2.75, 3.05) is 34.5 Å². The van der Waals surface area contributed by atoms with E-state index >= 15 is 0 Å². The first-order valence-corrected chi connectivity index (χ1v) is 7.74. The average Bonchev–Trinajstić information content (AvgIpc) is 2.99. The number of nitrogens with one attached hydrogen (secondary N) is 1. The van der Waals surface area contributed by atoms with Gasteiger partial charge in [0.05, 0.1) is 0 Å². The maximum Gasteiger partial charge on any atom is 0.231 e. The average molecular weight is 317 g/mol. The number of nitrogens with zero attached hydrogens (tertiary/aromatic N) is 4. The summed E-state index contributed by atoms with van der Waals surface area (Å²) in [7, 11) is 5.93. The Hall–Kier alpha value is -2.44. The van der Waals surface area contributed by atoms with E-state index in [0.29, 0.717) is 6.79 Å². The fraction of sp³-hybridized carbons (Fsp3) is 0.500. The summed E-state index contributed by atoms with van der Waals surface area (Å²) in [6.45, 7) is 3.04. The quantitative estimate of drug-likeness (QED) is 0.905. The monoisotopic (exact) mass is 317 g/mol. The first kappa shape index (κ1) is 15.5. The van der Waals surface area contributed by atoms with Crippen LogP contribution in [0.1, 0.15) is 12.5 Å². The minimum atomic E-state index is -0.0798. The number of benzene rings is 1. The van der Waals surface area contributed by atoms with Gasteiger partial charge in [-0.25, -0.2) is 9.98 Å². The van der Waals surface area contributed by atoms with E-state index in [9.17, 15) is 0 Å². The Balaban J connectivity index is 1.62. The third-order valence-electron chi connectivity index (χ3n) is 3.78. The Morgan fingerprint density at radius 1 is 1.30 bits per heavy atom. The predicted molar refractivity (Wildman–Crippen MR) is 90.1 cm³/mol. The highest BCUT2D eigenvalue weighted by atomic mass is 16.7. The van der Waals surface area contributed by atoms with E-state index in [0.717, 1.165) is 41.9 Å². The summed E-state index contributed by atoms with van der Waals surface area (Å²) in [5, 5.41) is 3.40. The largest absolute Gasteiger partial charge is 0.454 e. The maximum atomic E-state index is 5.54. The summed E-state index contributed by atoms with van der Waals surface area (Å²) in [6, 6.07) is 5.99. The molecular weight excluding hydrogens is 294 g/mol. The fourth-order valence-electron chi connectivity index (χ4n) is 2.72. The standard InChI is InChI=1S/C16H23N5O2/c1-11-18-15(21(4)16(19-11)20(2)3)17-9-8-12-6-5-7-13-14(12)23-10-22-13/h5-7,11H,8-10H2,1-4H3,(H,17,18). The van der Waals surface area contributed by atoms with E-state index in [1.807, 2.05) is 50.0 Å². The summed E-state index contributed by atoms with van der Waals surface area (Å²) in [4.78, 5) is 13.0. The maximum absolute atomic E-state index is 5.54. The third-order valence-corrected chi connectivity index (χ3v) is 3.78. The van der Waals surface area contributed by atoms with Gasteiger partial charge in [0, 0.05) is 27.7 Å². The zero-order valence-corrected chi connectivity index (χ0v) is 14.0. The molecule has 0 aromatic heterocycles.